The molecule has 0 bridgehead atoms. The summed E-state index contributed by atoms with van der Waals surface area (Å²) in [5.74, 6) is -0.0328. The minimum absolute atomic E-state index is 0.0465. The van der Waals surface area contributed by atoms with Gasteiger partial charge in [-0.25, -0.2) is 0 Å². The maximum absolute atomic E-state index is 11.8. The highest BCUT2D eigenvalue weighted by Gasteiger charge is 2.41. The van der Waals surface area contributed by atoms with E-state index in [0.29, 0.717) is 30.8 Å². The molecule has 2 aliphatic rings. The Morgan fingerprint density at radius 2 is 2.06 bits per heavy atom. The lowest BCUT2D eigenvalue weighted by atomic mass is 9.88. The lowest BCUT2D eigenvalue weighted by Crippen LogP contribution is -2.23. The minimum Gasteiger partial charge on any atom is -0.481 e. The van der Waals surface area contributed by atoms with E-state index in [0.717, 1.165) is 34.2 Å². The molecule has 6 rings (SSSR count). The predicted octanol–water partition coefficient (Wildman–Crippen LogP) is 5.92. The highest BCUT2D eigenvalue weighted by atomic mass is 16.5. The van der Waals surface area contributed by atoms with Crippen molar-refractivity contribution in [3.05, 3.63) is 84.2 Å². The molecule has 3 heterocycles. The second-order valence-corrected chi connectivity index (χ2v) is 9.90. The lowest BCUT2D eigenvalue weighted by molar-refractivity contribution is -0.142. The number of allylic oxidation sites excluding steroid dienone is 4. The van der Waals surface area contributed by atoms with Crippen molar-refractivity contribution in [3.8, 4) is 22.8 Å². The summed E-state index contributed by atoms with van der Waals surface area (Å²) in [5.41, 5.74) is 5.13. The molecule has 0 saturated carbocycles. The van der Waals surface area contributed by atoms with Crippen LogP contribution in [0.15, 0.2) is 83.2 Å². The normalized spacial score (nSPS) is 19.2. The van der Waals surface area contributed by atoms with Crippen molar-refractivity contribution >= 4 is 16.9 Å². The average molecular weight is 481 g/mol. The van der Waals surface area contributed by atoms with E-state index in [-0.39, 0.29) is 11.8 Å². The maximum Gasteiger partial charge on any atom is 0.308 e. The van der Waals surface area contributed by atoms with Crippen molar-refractivity contribution in [2.45, 2.75) is 32.9 Å². The largest absolute Gasteiger partial charge is 0.481 e. The summed E-state index contributed by atoms with van der Waals surface area (Å²) < 4.78 is 7.87. The molecule has 1 aliphatic heterocycles. The summed E-state index contributed by atoms with van der Waals surface area (Å²) in [6.45, 7) is 5.50. The fraction of sp³-hybridized carbons (Fsp3) is 0.276. The monoisotopic (exact) mass is 480 g/mol. The number of likely N-dealkylation sites (tertiary alicyclic amines) is 1. The van der Waals surface area contributed by atoms with E-state index < -0.39 is 5.97 Å². The number of carbonyl (C=O) groups is 1. The van der Waals surface area contributed by atoms with Gasteiger partial charge >= 0.3 is 5.97 Å². The molecule has 36 heavy (non-hydrogen) atoms. The van der Waals surface area contributed by atoms with Gasteiger partial charge in [-0.15, -0.1) is 0 Å². The number of benzene rings is 2. The molecule has 7 nitrogen and oxygen atoms in total. The Bertz CT molecular complexity index is 1510. The molecule has 2 atom stereocenters. The molecule has 2 aromatic carbocycles. The fourth-order valence-electron chi connectivity index (χ4n) is 5.46. The first-order valence-corrected chi connectivity index (χ1v) is 12.4. The molecule has 2 aromatic heterocycles. The standard InChI is InChI=1S/C29H28N4O3/c1-18(2)33-13-12-20-15-22(10-11-25(20)33)28-30-27(31-36-28)21-7-5-6-19(14-21)16-32-17-24(29(34)35)23-8-3-4-9-26(23)32/h3-7,9-15,18,23-24H,8,16-17H2,1-2H3,(H,34,35). The van der Waals surface area contributed by atoms with E-state index in [1.807, 2.05) is 24.3 Å². The van der Waals surface area contributed by atoms with Crippen LogP contribution in [-0.4, -0.2) is 37.2 Å². The van der Waals surface area contributed by atoms with E-state index in [4.69, 9.17) is 4.52 Å². The van der Waals surface area contributed by atoms with E-state index in [1.165, 1.54) is 5.52 Å². The van der Waals surface area contributed by atoms with E-state index in [9.17, 15) is 9.90 Å². The van der Waals surface area contributed by atoms with Gasteiger partial charge in [-0.1, -0.05) is 35.5 Å². The zero-order valence-corrected chi connectivity index (χ0v) is 20.3. The maximum atomic E-state index is 11.8. The second kappa shape index (κ2) is 8.82. The van der Waals surface area contributed by atoms with Crippen LogP contribution in [0.3, 0.4) is 0 Å². The summed E-state index contributed by atoms with van der Waals surface area (Å²) in [6, 6.07) is 16.8. The molecule has 1 N–H and O–H groups in total. The first kappa shape index (κ1) is 22.3. The van der Waals surface area contributed by atoms with Crippen molar-refractivity contribution in [3.63, 3.8) is 0 Å². The summed E-state index contributed by atoms with van der Waals surface area (Å²) in [5, 5.41) is 15.1. The molecule has 2 unspecified atom stereocenters. The van der Waals surface area contributed by atoms with Crippen LogP contribution in [-0.2, 0) is 11.3 Å². The van der Waals surface area contributed by atoms with Crippen molar-refractivity contribution in [1.29, 1.82) is 0 Å². The van der Waals surface area contributed by atoms with Gasteiger partial charge in [-0.2, -0.15) is 4.98 Å². The predicted molar refractivity (Wildman–Crippen MR) is 138 cm³/mol. The Balaban J connectivity index is 1.24. The molecule has 0 radical (unpaired) electrons. The topological polar surface area (TPSA) is 84.4 Å². The van der Waals surface area contributed by atoms with Gasteiger partial charge in [0.1, 0.15) is 0 Å². The van der Waals surface area contributed by atoms with Gasteiger partial charge in [0, 0.05) is 59.0 Å². The molecule has 0 amide bonds. The molecule has 1 fully saturated rings. The van der Waals surface area contributed by atoms with Crippen LogP contribution in [0, 0.1) is 11.8 Å². The highest BCUT2D eigenvalue weighted by Crippen LogP contribution is 2.39. The van der Waals surface area contributed by atoms with E-state index in [1.54, 1.807) is 0 Å². The van der Waals surface area contributed by atoms with Gasteiger partial charge in [-0.3, -0.25) is 4.79 Å². The van der Waals surface area contributed by atoms with Gasteiger partial charge < -0.3 is 19.1 Å². The summed E-state index contributed by atoms with van der Waals surface area (Å²) >= 11 is 0. The van der Waals surface area contributed by atoms with E-state index >= 15 is 0 Å². The van der Waals surface area contributed by atoms with Crippen molar-refractivity contribution < 1.29 is 14.4 Å². The third-order valence-electron chi connectivity index (χ3n) is 7.27. The third kappa shape index (κ3) is 3.90. The number of hydrogen-bond donors (Lipinski definition) is 1. The quantitative estimate of drug-likeness (QED) is 0.369. The number of aliphatic carboxylic acids is 1. The molecule has 1 aliphatic carbocycles. The third-order valence-corrected chi connectivity index (χ3v) is 7.27. The molecule has 4 aromatic rings. The van der Waals surface area contributed by atoms with Gasteiger partial charge in [-0.05, 0) is 62.2 Å². The smallest absolute Gasteiger partial charge is 0.308 e. The van der Waals surface area contributed by atoms with E-state index in [2.05, 4.69) is 82.1 Å². The number of nitrogens with zero attached hydrogens (tertiary/aromatic N) is 4. The Hall–Kier alpha value is -4.13. The Kier molecular flexibility index (Phi) is 5.48. The Morgan fingerprint density at radius 1 is 1.17 bits per heavy atom. The Labute approximate surface area is 209 Å². The van der Waals surface area contributed by atoms with Crippen LogP contribution in [0.5, 0.6) is 0 Å². The molecular weight excluding hydrogens is 452 g/mol. The van der Waals surface area contributed by atoms with Crippen molar-refractivity contribution in [2.24, 2.45) is 11.8 Å². The fourth-order valence-corrected chi connectivity index (χ4v) is 5.46. The molecule has 7 heteroatoms. The van der Waals surface area contributed by atoms with Gasteiger partial charge in [0.2, 0.25) is 5.82 Å². The van der Waals surface area contributed by atoms with Gasteiger partial charge in [0.15, 0.2) is 0 Å². The van der Waals surface area contributed by atoms with Gasteiger partial charge in [0.25, 0.3) is 5.89 Å². The average Bonchev–Trinajstić information content (AvgIpc) is 3.61. The van der Waals surface area contributed by atoms with Crippen molar-refractivity contribution in [1.82, 2.24) is 19.6 Å². The number of aromatic nitrogens is 3. The number of hydrogen-bond acceptors (Lipinski definition) is 5. The van der Waals surface area contributed by atoms with Crippen LogP contribution in [0.4, 0.5) is 0 Å². The van der Waals surface area contributed by atoms with Crippen LogP contribution in [0.1, 0.15) is 31.9 Å². The second-order valence-electron chi connectivity index (χ2n) is 9.90. The minimum atomic E-state index is -0.726. The molecule has 1 saturated heterocycles. The molecule has 0 spiro atoms. The Morgan fingerprint density at radius 3 is 2.89 bits per heavy atom. The summed E-state index contributed by atoms with van der Waals surface area (Å²) in [4.78, 5) is 18.7. The first-order valence-electron chi connectivity index (χ1n) is 12.4. The molecular formula is C29H28N4O3. The molecule has 182 valence electrons. The van der Waals surface area contributed by atoms with Crippen LogP contribution >= 0.6 is 0 Å². The number of rotatable bonds is 6. The number of carboxylic acids is 1. The zero-order chi connectivity index (χ0) is 24.8. The SMILES string of the molecule is CC(C)n1ccc2cc(-c3nc(-c4cccc(CN5CC(C(=O)O)C6CC=CC=C65)c4)no3)ccc21. The van der Waals surface area contributed by atoms with Crippen LogP contribution < -0.4 is 0 Å². The lowest BCUT2D eigenvalue weighted by Gasteiger charge is -2.23. The van der Waals surface area contributed by atoms with Crippen LogP contribution in [0.2, 0.25) is 0 Å². The first-order chi connectivity index (χ1) is 17.5. The highest BCUT2D eigenvalue weighted by molar-refractivity contribution is 5.84. The number of fused-ring (bicyclic) bond motifs is 2. The van der Waals surface area contributed by atoms with Crippen LogP contribution in [0.25, 0.3) is 33.7 Å². The summed E-state index contributed by atoms with van der Waals surface area (Å²) in [6.07, 6.45) is 9.01. The summed E-state index contributed by atoms with van der Waals surface area (Å²) in [7, 11) is 0. The zero-order valence-electron chi connectivity index (χ0n) is 20.3. The van der Waals surface area contributed by atoms with Gasteiger partial charge in [0.05, 0.1) is 5.92 Å². The number of carboxylic acid groups (broad SMARTS) is 1. The van der Waals surface area contributed by atoms with Crippen molar-refractivity contribution in [2.75, 3.05) is 6.54 Å².